The first-order valence-corrected chi connectivity index (χ1v) is 7.78. The Morgan fingerprint density at radius 1 is 1.38 bits per heavy atom. The average Bonchev–Trinajstić information content (AvgIpc) is 2.55. The summed E-state index contributed by atoms with van der Waals surface area (Å²) in [5.74, 6) is 0.678. The maximum absolute atomic E-state index is 12.7. The number of morpholine rings is 1. The Morgan fingerprint density at radius 2 is 2.24 bits per heavy atom. The van der Waals surface area contributed by atoms with E-state index in [4.69, 9.17) is 4.74 Å². The maximum Gasteiger partial charge on any atom is 0.274 e. The number of fused-ring (bicyclic) bond motifs is 1. The molecule has 2 aliphatic rings. The van der Waals surface area contributed by atoms with E-state index in [1.165, 1.54) is 12.8 Å². The number of carbonyl (C=O) groups is 1. The van der Waals surface area contributed by atoms with E-state index < -0.39 is 0 Å². The number of ether oxygens (including phenoxy) is 1. The molecule has 0 spiro atoms. The topological polar surface area (TPSA) is 67.4 Å². The lowest BCUT2D eigenvalue weighted by molar-refractivity contribution is -0.0754. The number of rotatable bonds is 3. The van der Waals surface area contributed by atoms with Gasteiger partial charge >= 0.3 is 0 Å². The van der Waals surface area contributed by atoms with Crippen molar-refractivity contribution in [2.45, 2.75) is 44.8 Å². The third-order valence-corrected chi connectivity index (χ3v) is 4.22. The van der Waals surface area contributed by atoms with Crippen molar-refractivity contribution in [3.8, 4) is 0 Å². The Morgan fingerprint density at radius 3 is 3.00 bits per heavy atom. The zero-order chi connectivity index (χ0) is 14.7. The molecular weight excluding hydrogens is 268 g/mol. The van der Waals surface area contributed by atoms with Gasteiger partial charge in [0, 0.05) is 13.1 Å². The van der Waals surface area contributed by atoms with E-state index in [1.54, 1.807) is 12.4 Å². The van der Waals surface area contributed by atoms with E-state index in [2.05, 4.69) is 15.3 Å². The van der Waals surface area contributed by atoms with Crippen LogP contribution >= 0.6 is 0 Å². The molecule has 2 atom stereocenters. The molecule has 0 radical (unpaired) electrons. The summed E-state index contributed by atoms with van der Waals surface area (Å²) < 4.78 is 5.81. The number of carbonyl (C=O) groups excluding carboxylic acids is 1. The van der Waals surface area contributed by atoms with Gasteiger partial charge in [0.15, 0.2) is 0 Å². The van der Waals surface area contributed by atoms with Gasteiger partial charge in [0.05, 0.1) is 31.1 Å². The molecule has 6 heteroatoms. The standard InChI is InChI=1S/C15H22N4O2/c1-2-16-14-10-17-11(9-18-14)15(20)19-7-8-21-13-6-4-3-5-12(13)19/h9-10,12-13H,2-8H2,1H3,(H,16,18). The maximum atomic E-state index is 12.7. The highest BCUT2D eigenvalue weighted by molar-refractivity contribution is 5.92. The molecule has 1 saturated carbocycles. The Bertz CT molecular complexity index is 489. The fraction of sp³-hybridized carbons (Fsp3) is 0.667. The SMILES string of the molecule is CCNc1cnc(C(=O)N2CCOC3CCCCC32)cn1. The van der Waals surface area contributed by atoms with Crippen LogP contribution in [0.1, 0.15) is 43.1 Å². The fourth-order valence-electron chi connectivity index (χ4n) is 3.21. The second-order valence-electron chi connectivity index (χ2n) is 5.58. The van der Waals surface area contributed by atoms with Crippen LogP contribution in [0.5, 0.6) is 0 Å². The van der Waals surface area contributed by atoms with E-state index in [0.29, 0.717) is 24.7 Å². The Balaban J connectivity index is 1.73. The van der Waals surface area contributed by atoms with Crippen molar-refractivity contribution in [2.75, 3.05) is 25.0 Å². The molecule has 1 aliphatic carbocycles. The molecule has 2 fully saturated rings. The van der Waals surface area contributed by atoms with Gasteiger partial charge in [-0.2, -0.15) is 0 Å². The van der Waals surface area contributed by atoms with Gasteiger partial charge in [-0.1, -0.05) is 12.8 Å². The van der Waals surface area contributed by atoms with Crippen LogP contribution < -0.4 is 5.32 Å². The van der Waals surface area contributed by atoms with Crippen LogP contribution in [0, 0.1) is 0 Å². The van der Waals surface area contributed by atoms with E-state index in [0.717, 1.165) is 19.4 Å². The first kappa shape index (κ1) is 14.3. The number of nitrogens with one attached hydrogen (secondary N) is 1. The van der Waals surface area contributed by atoms with E-state index >= 15 is 0 Å². The summed E-state index contributed by atoms with van der Waals surface area (Å²) in [4.78, 5) is 23.1. The van der Waals surface area contributed by atoms with Crippen molar-refractivity contribution in [1.82, 2.24) is 14.9 Å². The second-order valence-corrected chi connectivity index (χ2v) is 5.58. The van der Waals surface area contributed by atoms with Gasteiger partial charge in [0.2, 0.25) is 0 Å². The molecule has 1 amide bonds. The predicted octanol–water partition coefficient (Wildman–Crippen LogP) is 1.69. The molecule has 6 nitrogen and oxygen atoms in total. The van der Waals surface area contributed by atoms with E-state index in [1.807, 2.05) is 11.8 Å². The first-order valence-electron chi connectivity index (χ1n) is 7.78. The number of aromatic nitrogens is 2. The van der Waals surface area contributed by atoms with Gasteiger partial charge in [-0.15, -0.1) is 0 Å². The quantitative estimate of drug-likeness (QED) is 0.917. The first-order chi connectivity index (χ1) is 10.3. The molecule has 1 aliphatic heterocycles. The molecule has 21 heavy (non-hydrogen) atoms. The zero-order valence-corrected chi connectivity index (χ0v) is 12.4. The number of hydrogen-bond donors (Lipinski definition) is 1. The summed E-state index contributed by atoms with van der Waals surface area (Å²) in [5, 5.41) is 3.08. The molecule has 1 saturated heterocycles. The monoisotopic (exact) mass is 290 g/mol. The minimum Gasteiger partial charge on any atom is -0.374 e. The van der Waals surface area contributed by atoms with Crippen LogP contribution in [0.15, 0.2) is 12.4 Å². The van der Waals surface area contributed by atoms with Crippen molar-refractivity contribution >= 4 is 11.7 Å². The van der Waals surface area contributed by atoms with E-state index in [9.17, 15) is 4.79 Å². The van der Waals surface area contributed by atoms with Crippen molar-refractivity contribution < 1.29 is 9.53 Å². The highest BCUT2D eigenvalue weighted by atomic mass is 16.5. The minimum atomic E-state index is -0.0225. The summed E-state index contributed by atoms with van der Waals surface area (Å²) >= 11 is 0. The van der Waals surface area contributed by atoms with Gasteiger partial charge in [-0.25, -0.2) is 9.97 Å². The van der Waals surface area contributed by atoms with Crippen molar-refractivity contribution in [2.24, 2.45) is 0 Å². The molecular formula is C15H22N4O2. The lowest BCUT2D eigenvalue weighted by atomic mass is 9.90. The molecule has 1 N–H and O–H groups in total. The summed E-state index contributed by atoms with van der Waals surface area (Å²) in [6.45, 7) is 4.05. The third kappa shape index (κ3) is 3.00. The molecule has 1 aromatic rings. The molecule has 1 aromatic heterocycles. The largest absolute Gasteiger partial charge is 0.374 e. The molecule has 0 aromatic carbocycles. The lowest BCUT2D eigenvalue weighted by Gasteiger charge is -2.43. The highest BCUT2D eigenvalue weighted by Crippen LogP contribution is 2.29. The molecule has 114 valence electrons. The zero-order valence-electron chi connectivity index (χ0n) is 12.4. The summed E-state index contributed by atoms with van der Waals surface area (Å²) in [5.41, 5.74) is 0.419. The van der Waals surface area contributed by atoms with Crippen LogP contribution in [0.3, 0.4) is 0 Å². The van der Waals surface area contributed by atoms with Gasteiger partial charge < -0.3 is 15.0 Å². The smallest absolute Gasteiger partial charge is 0.274 e. The number of hydrogen-bond acceptors (Lipinski definition) is 5. The third-order valence-electron chi connectivity index (χ3n) is 4.22. The molecule has 3 rings (SSSR count). The molecule has 2 unspecified atom stereocenters. The van der Waals surface area contributed by atoms with Gasteiger partial charge in [0.1, 0.15) is 11.5 Å². The van der Waals surface area contributed by atoms with Crippen LogP contribution in [0.4, 0.5) is 5.82 Å². The number of amides is 1. The Labute approximate surface area is 124 Å². The number of nitrogens with zero attached hydrogens (tertiary/aromatic N) is 3. The number of anilines is 1. The molecule has 2 heterocycles. The van der Waals surface area contributed by atoms with Crippen LogP contribution in [-0.4, -0.2) is 52.6 Å². The van der Waals surface area contributed by atoms with Gasteiger partial charge in [-0.05, 0) is 19.8 Å². The fourth-order valence-corrected chi connectivity index (χ4v) is 3.21. The Hall–Kier alpha value is -1.69. The summed E-state index contributed by atoms with van der Waals surface area (Å²) in [7, 11) is 0. The predicted molar refractivity (Wildman–Crippen MR) is 79.2 cm³/mol. The average molecular weight is 290 g/mol. The van der Waals surface area contributed by atoms with Gasteiger partial charge in [0.25, 0.3) is 5.91 Å². The van der Waals surface area contributed by atoms with Crippen LogP contribution in [-0.2, 0) is 4.74 Å². The van der Waals surface area contributed by atoms with Crippen LogP contribution in [0.2, 0.25) is 0 Å². The van der Waals surface area contributed by atoms with Crippen molar-refractivity contribution in [3.05, 3.63) is 18.1 Å². The van der Waals surface area contributed by atoms with Crippen LogP contribution in [0.25, 0.3) is 0 Å². The van der Waals surface area contributed by atoms with Crippen molar-refractivity contribution in [3.63, 3.8) is 0 Å². The summed E-state index contributed by atoms with van der Waals surface area (Å²) in [6.07, 6.45) is 7.83. The second kappa shape index (κ2) is 6.39. The lowest BCUT2D eigenvalue weighted by Crippen LogP contribution is -2.55. The summed E-state index contributed by atoms with van der Waals surface area (Å²) in [6, 6.07) is 0.204. The van der Waals surface area contributed by atoms with Gasteiger partial charge in [-0.3, -0.25) is 4.79 Å². The van der Waals surface area contributed by atoms with E-state index in [-0.39, 0.29) is 18.1 Å². The highest BCUT2D eigenvalue weighted by Gasteiger charge is 2.37. The minimum absolute atomic E-state index is 0.0225. The molecule has 0 bridgehead atoms. The Kier molecular flexibility index (Phi) is 4.34. The van der Waals surface area contributed by atoms with Crippen molar-refractivity contribution in [1.29, 1.82) is 0 Å². The normalized spacial score (nSPS) is 25.3.